The van der Waals surface area contributed by atoms with Crippen molar-refractivity contribution in [2.24, 2.45) is 0 Å². The van der Waals surface area contributed by atoms with Gasteiger partial charge in [-0.2, -0.15) is 14.6 Å². The Hall–Kier alpha value is -2.08. The molecule has 3 aromatic rings. The summed E-state index contributed by atoms with van der Waals surface area (Å²) in [6, 6.07) is 12.1. The highest BCUT2D eigenvalue weighted by molar-refractivity contribution is 7.98. The van der Waals surface area contributed by atoms with Gasteiger partial charge in [-0.3, -0.25) is 0 Å². The van der Waals surface area contributed by atoms with Gasteiger partial charge in [-0.15, -0.1) is 0 Å². The van der Waals surface area contributed by atoms with Crippen LogP contribution in [0.25, 0.3) is 16.9 Å². The zero-order valence-electron chi connectivity index (χ0n) is 11.6. The number of thioether (sulfide) groups is 1. The molecule has 3 rings (SSSR count). The zero-order valence-corrected chi connectivity index (χ0v) is 12.4. The molecular formula is C14H15N5S. The first-order chi connectivity index (χ1) is 9.69. The van der Waals surface area contributed by atoms with Crippen LogP contribution in [0.2, 0.25) is 0 Å². The van der Waals surface area contributed by atoms with E-state index in [0.29, 0.717) is 0 Å². The van der Waals surface area contributed by atoms with Crippen molar-refractivity contribution >= 4 is 23.4 Å². The van der Waals surface area contributed by atoms with E-state index in [1.54, 1.807) is 4.52 Å². The van der Waals surface area contributed by atoms with E-state index in [1.807, 2.05) is 61.6 Å². The van der Waals surface area contributed by atoms with Gasteiger partial charge in [0.25, 0.3) is 0 Å². The predicted molar refractivity (Wildman–Crippen MR) is 82.3 cm³/mol. The summed E-state index contributed by atoms with van der Waals surface area (Å²) in [5, 5.41) is 5.37. The lowest BCUT2D eigenvalue weighted by Gasteiger charge is -2.12. The third-order valence-corrected chi connectivity index (χ3v) is 3.49. The fourth-order valence-corrected chi connectivity index (χ4v) is 2.34. The number of rotatable bonds is 3. The highest BCUT2D eigenvalue weighted by Crippen LogP contribution is 2.22. The molecule has 0 N–H and O–H groups in total. The lowest BCUT2D eigenvalue weighted by atomic mass is 10.2. The number of hydrogen-bond donors (Lipinski definition) is 0. The van der Waals surface area contributed by atoms with E-state index in [0.717, 1.165) is 28.0 Å². The van der Waals surface area contributed by atoms with Crippen molar-refractivity contribution in [2.45, 2.75) is 5.16 Å². The predicted octanol–water partition coefficient (Wildman–Crippen LogP) is 2.58. The number of benzene rings is 1. The van der Waals surface area contributed by atoms with Crippen molar-refractivity contribution < 1.29 is 0 Å². The van der Waals surface area contributed by atoms with Crippen LogP contribution in [-0.4, -0.2) is 39.9 Å². The molecule has 0 atom stereocenters. The maximum atomic E-state index is 4.62. The fourth-order valence-electron chi connectivity index (χ4n) is 1.98. The van der Waals surface area contributed by atoms with E-state index in [1.165, 1.54) is 11.8 Å². The van der Waals surface area contributed by atoms with Gasteiger partial charge >= 0.3 is 0 Å². The molecule has 5 nitrogen and oxygen atoms in total. The Balaban J connectivity index is 2.22. The number of nitrogens with zero attached hydrogens (tertiary/aromatic N) is 5. The molecule has 2 aromatic heterocycles. The number of anilines is 1. The molecule has 0 aliphatic heterocycles. The largest absolute Gasteiger partial charge is 0.347 e. The third-order valence-electron chi connectivity index (χ3n) is 2.94. The van der Waals surface area contributed by atoms with E-state index < -0.39 is 0 Å². The highest BCUT2D eigenvalue weighted by atomic mass is 32.2. The number of fused-ring (bicyclic) bond motifs is 1. The molecule has 102 valence electrons. The summed E-state index contributed by atoms with van der Waals surface area (Å²) in [5.41, 5.74) is 2.79. The summed E-state index contributed by atoms with van der Waals surface area (Å²) < 4.78 is 1.78. The van der Waals surface area contributed by atoms with Crippen molar-refractivity contribution in [3.63, 3.8) is 0 Å². The second-order valence-corrected chi connectivity index (χ2v) is 5.34. The molecule has 0 bridgehead atoms. The van der Waals surface area contributed by atoms with Gasteiger partial charge in [0.2, 0.25) is 5.95 Å². The molecule has 0 fully saturated rings. The Labute approximate surface area is 121 Å². The summed E-state index contributed by atoms with van der Waals surface area (Å²) >= 11 is 1.53. The maximum Gasteiger partial charge on any atom is 0.230 e. The molecule has 2 heterocycles. The highest BCUT2D eigenvalue weighted by Gasteiger charge is 2.13. The van der Waals surface area contributed by atoms with E-state index in [9.17, 15) is 0 Å². The summed E-state index contributed by atoms with van der Waals surface area (Å²) in [4.78, 5) is 11.0. The molecular weight excluding hydrogens is 270 g/mol. The Morgan fingerprint density at radius 2 is 1.85 bits per heavy atom. The van der Waals surface area contributed by atoms with Crippen LogP contribution in [0.3, 0.4) is 0 Å². The van der Waals surface area contributed by atoms with Gasteiger partial charge in [0.1, 0.15) is 0 Å². The summed E-state index contributed by atoms with van der Waals surface area (Å²) in [6.07, 6.45) is 1.97. The van der Waals surface area contributed by atoms with Crippen LogP contribution in [0.4, 0.5) is 5.95 Å². The number of hydrogen-bond acceptors (Lipinski definition) is 5. The Morgan fingerprint density at radius 3 is 2.50 bits per heavy atom. The van der Waals surface area contributed by atoms with Crippen LogP contribution in [0.15, 0.2) is 41.6 Å². The molecule has 20 heavy (non-hydrogen) atoms. The molecule has 0 radical (unpaired) electrons. The zero-order chi connectivity index (χ0) is 14.1. The molecule has 0 saturated carbocycles. The van der Waals surface area contributed by atoms with Crippen molar-refractivity contribution in [2.75, 3.05) is 25.3 Å². The van der Waals surface area contributed by atoms with Gasteiger partial charge in [0, 0.05) is 25.7 Å². The minimum Gasteiger partial charge on any atom is -0.347 e. The summed E-state index contributed by atoms with van der Waals surface area (Å²) in [7, 11) is 3.91. The molecule has 0 amide bonds. The van der Waals surface area contributed by atoms with E-state index >= 15 is 0 Å². The lowest BCUT2D eigenvalue weighted by Crippen LogP contribution is -2.16. The van der Waals surface area contributed by atoms with E-state index in [2.05, 4.69) is 15.1 Å². The van der Waals surface area contributed by atoms with Crippen LogP contribution in [0.1, 0.15) is 0 Å². The quantitative estimate of drug-likeness (QED) is 0.692. The van der Waals surface area contributed by atoms with Gasteiger partial charge in [0.05, 0.1) is 5.69 Å². The topological polar surface area (TPSA) is 46.3 Å². The normalized spacial score (nSPS) is 10.9. The number of aromatic nitrogens is 4. The third kappa shape index (κ3) is 2.22. The monoisotopic (exact) mass is 285 g/mol. The lowest BCUT2D eigenvalue weighted by molar-refractivity contribution is 0.806. The standard InChI is InChI=1S/C14H15N5S/c1-18(2)14-16-13(20-3)15-12-9-11(17-19(12)14)10-7-5-4-6-8-10/h4-9H,1-3H3. The second kappa shape index (κ2) is 5.13. The van der Waals surface area contributed by atoms with Crippen LogP contribution < -0.4 is 4.90 Å². The smallest absolute Gasteiger partial charge is 0.230 e. The first-order valence-electron chi connectivity index (χ1n) is 6.23. The molecule has 6 heteroatoms. The van der Waals surface area contributed by atoms with Gasteiger partial charge in [-0.25, -0.2) is 4.98 Å². The van der Waals surface area contributed by atoms with Crippen LogP contribution in [0.5, 0.6) is 0 Å². The summed E-state index contributed by atoms with van der Waals surface area (Å²) in [6.45, 7) is 0. The van der Waals surface area contributed by atoms with Crippen molar-refractivity contribution in [3.05, 3.63) is 36.4 Å². The van der Waals surface area contributed by atoms with E-state index in [-0.39, 0.29) is 0 Å². The van der Waals surface area contributed by atoms with Gasteiger partial charge < -0.3 is 4.90 Å². The molecule has 0 aliphatic rings. The second-order valence-electron chi connectivity index (χ2n) is 4.57. The first-order valence-corrected chi connectivity index (χ1v) is 7.46. The van der Waals surface area contributed by atoms with Crippen molar-refractivity contribution in [1.29, 1.82) is 0 Å². The summed E-state index contributed by atoms with van der Waals surface area (Å²) in [5.74, 6) is 0.779. The average Bonchev–Trinajstić information content (AvgIpc) is 2.90. The van der Waals surface area contributed by atoms with Crippen LogP contribution in [0, 0.1) is 0 Å². The first kappa shape index (κ1) is 12.9. The van der Waals surface area contributed by atoms with E-state index in [4.69, 9.17) is 0 Å². The molecule has 0 aliphatic carbocycles. The van der Waals surface area contributed by atoms with Crippen molar-refractivity contribution in [1.82, 2.24) is 19.6 Å². The van der Waals surface area contributed by atoms with Gasteiger partial charge in [-0.05, 0) is 6.26 Å². The molecule has 1 aromatic carbocycles. The Bertz CT molecular complexity index is 736. The fraction of sp³-hybridized carbons (Fsp3) is 0.214. The Morgan fingerprint density at radius 1 is 1.10 bits per heavy atom. The SMILES string of the molecule is CSc1nc(N(C)C)n2nc(-c3ccccc3)cc2n1. The van der Waals surface area contributed by atoms with Crippen molar-refractivity contribution in [3.8, 4) is 11.3 Å². The Kier molecular flexibility index (Phi) is 3.31. The maximum absolute atomic E-state index is 4.62. The van der Waals surface area contributed by atoms with Crippen LogP contribution >= 0.6 is 11.8 Å². The van der Waals surface area contributed by atoms with Crippen LogP contribution in [-0.2, 0) is 0 Å². The minimum absolute atomic E-state index is 0.751. The molecule has 0 unspecified atom stereocenters. The average molecular weight is 285 g/mol. The molecule has 0 spiro atoms. The van der Waals surface area contributed by atoms with Gasteiger partial charge in [-0.1, -0.05) is 42.1 Å². The molecule has 0 saturated heterocycles. The van der Waals surface area contributed by atoms with Gasteiger partial charge in [0.15, 0.2) is 10.8 Å². The minimum atomic E-state index is 0.751.